The number of benzene rings is 2. The Balaban J connectivity index is 1.52. The van der Waals surface area contributed by atoms with Crippen molar-refractivity contribution in [1.82, 2.24) is 4.90 Å². The summed E-state index contributed by atoms with van der Waals surface area (Å²) in [4.78, 5) is 16.5. The van der Waals surface area contributed by atoms with Gasteiger partial charge in [-0.3, -0.25) is 4.79 Å². The maximum absolute atomic E-state index is 12.4. The van der Waals surface area contributed by atoms with E-state index in [0.717, 1.165) is 40.7 Å². The van der Waals surface area contributed by atoms with E-state index < -0.39 is 0 Å². The highest BCUT2D eigenvalue weighted by atomic mass is 35.5. The topological polar surface area (TPSA) is 32.8 Å². The Hall–Kier alpha value is -2.20. The number of amides is 1. The highest BCUT2D eigenvalue weighted by Crippen LogP contribution is 2.26. The van der Waals surface area contributed by atoms with E-state index in [4.69, 9.17) is 16.3 Å². The van der Waals surface area contributed by atoms with Gasteiger partial charge >= 0.3 is 0 Å². The van der Waals surface area contributed by atoms with E-state index in [9.17, 15) is 4.79 Å². The van der Waals surface area contributed by atoms with Crippen molar-refractivity contribution < 1.29 is 9.53 Å². The number of hydrogen-bond donors (Lipinski definition) is 0. The van der Waals surface area contributed by atoms with Crippen molar-refractivity contribution in [3.8, 4) is 5.75 Å². The van der Waals surface area contributed by atoms with Gasteiger partial charge in [0.05, 0.1) is 10.7 Å². The second-order valence-electron chi connectivity index (χ2n) is 6.43. The summed E-state index contributed by atoms with van der Waals surface area (Å²) in [5.74, 6) is 0.776. The fraction of sp³-hybridized carbons (Fsp3) is 0.350. The molecule has 0 N–H and O–H groups in total. The van der Waals surface area contributed by atoms with Gasteiger partial charge in [-0.15, -0.1) is 0 Å². The van der Waals surface area contributed by atoms with E-state index in [2.05, 4.69) is 11.0 Å². The molecule has 1 aliphatic heterocycles. The Labute approximate surface area is 154 Å². The summed E-state index contributed by atoms with van der Waals surface area (Å²) in [5, 5.41) is 0.750. The average Bonchev–Trinajstić information content (AvgIpc) is 2.59. The molecule has 0 aromatic heterocycles. The molecule has 1 fully saturated rings. The monoisotopic (exact) mass is 358 g/mol. The number of anilines is 1. The van der Waals surface area contributed by atoms with Crippen LogP contribution in [0, 0.1) is 13.8 Å². The molecule has 4 nitrogen and oxygen atoms in total. The van der Waals surface area contributed by atoms with Crippen LogP contribution in [0.2, 0.25) is 5.02 Å². The number of carbonyl (C=O) groups is 1. The zero-order valence-electron chi connectivity index (χ0n) is 14.7. The number of ether oxygens (including phenoxy) is 1. The first-order valence-corrected chi connectivity index (χ1v) is 8.89. The molecule has 0 atom stereocenters. The Morgan fingerprint density at radius 2 is 1.68 bits per heavy atom. The minimum atomic E-state index is 0.0259. The Morgan fingerprint density at radius 1 is 1.04 bits per heavy atom. The zero-order valence-corrected chi connectivity index (χ0v) is 15.4. The summed E-state index contributed by atoms with van der Waals surface area (Å²) in [6, 6.07) is 13.8. The molecule has 0 unspecified atom stereocenters. The lowest BCUT2D eigenvalue weighted by molar-refractivity contribution is -0.133. The van der Waals surface area contributed by atoms with Crippen LogP contribution in [0.1, 0.15) is 11.1 Å². The van der Waals surface area contributed by atoms with Crippen molar-refractivity contribution in [3.05, 3.63) is 58.6 Å². The molecule has 0 spiro atoms. The lowest BCUT2D eigenvalue weighted by atomic mass is 10.1. The maximum Gasteiger partial charge on any atom is 0.260 e. The number of para-hydroxylation sites is 1. The van der Waals surface area contributed by atoms with Crippen LogP contribution in [-0.2, 0) is 4.79 Å². The fourth-order valence-corrected chi connectivity index (χ4v) is 3.41. The van der Waals surface area contributed by atoms with Crippen molar-refractivity contribution in [1.29, 1.82) is 0 Å². The normalized spacial score (nSPS) is 14.5. The van der Waals surface area contributed by atoms with Gasteiger partial charge in [0.2, 0.25) is 0 Å². The van der Waals surface area contributed by atoms with Crippen molar-refractivity contribution in [2.45, 2.75) is 13.8 Å². The van der Waals surface area contributed by atoms with E-state index >= 15 is 0 Å². The van der Waals surface area contributed by atoms with Crippen LogP contribution >= 0.6 is 11.6 Å². The molecule has 2 aromatic carbocycles. The van der Waals surface area contributed by atoms with Crippen LogP contribution in [0.15, 0.2) is 42.5 Å². The van der Waals surface area contributed by atoms with Crippen molar-refractivity contribution in [3.63, 3.8) is 0 Å². The van der Waals surface area contributed by atoms with Gasteiger partial charge < -0.3 is 14.5 Å². The number of carbonyl (C=O) groups excluding carboxylic acids is 1. The predicted octanol–water partition coefficient (Wildman–Crippen LogP) is 3.68. The van der Waals surface area contributed by atoms with Gasteiger partial charge in [0, 0.05) is 26.2 Å². The summed E-state index contributed by atoms with van der Waals surface area (Å²) < 4.78 is 5.69. The van der Waals surface area contributed by atoms with Crippen LogP contribution in [0.3, 0.4) is 0 Å². The van der Waals surface area contributed by atoms with Crippen LogP contribution in [0.5, 0.6) is 5.75 Å². The van der Waals surface area contributed by atoms with Crippen LogP contribution in [0.25, 0.3) is 0 Å². The predicted molar refractivity (Wildman–Crippen MR) is 102 cm³/mol. The average molecular weight is 359 g/mol. The highest BCUT2D eigenvalue weighted by molar-refractivity contribution is 6.33. The zero-order chi connectivity index (χ0) is 17.8. The van der Waals surface area contributed by atoms with Gasteiger partial charge in [-0.2, -0.15) is 0 Å². The standard InChI is InChI=1S/C20H23ClN2O2/c1-15-11-16(2)13-17(12-15)25-14-20(24)23-9-7-22(8-10-23)19-6-4-3-5-18(19)21/h3-6,11-13H,7-10,14H2,1-2H3. The fourth-order valence-electron chi connectivity index (χ4n) is 3.16. The van der Waals surface area contributed by atoms with E-state index in [1.54, 1.807) is 0 Å². The number of hydrogen-bond acceptors (Lipinski definition) is 3. The third-order valence-corrected chi connectivity index (χ3v) is 4.70. The second kappa shape index (κ2) is 7.79. The van der Waals surface area contributed by atoms with Gasteiger partial charge in [-0.1, -0.05) is 29.8 Å². The number of rotatable bonds is 4. The molecule has 2 aromatic rings. The molecule has 1 amide bonds. The first kappa shape index (κ1) is 17.6. The molecule has 0 bridgehead atoms. The second-order valence-corrected chi connectivity index (χ2v) is 6.84. The summed E-state index contributed by atoms with van der Waals surface area (Å²) in [5.41, 5.74) is 3.30. The van der Waals surface area contributed by atoms with Gasteiger partial charge in [0.25, 0.3) is 5.91 Å². The van der Waals surface area contributed by atoms with Crippen LogP contribution in [-0.4, -0.2) is 43.6 Å². The van der Waals surface area contributed by atoms with Gasteiger partial charge in [-0.05, 0) is 49.2 Å². The third-order valence-electron chi connectivity index (χ3n) is 4.38. The minimum absolute atomic E-state index is 0.0259. The molecule has 25 heavy (non-hydrogen) atoms. The molecule has 0 saturated carbocycles. The Morgan fingerprint density at radius 3 is 2.32 bits per heavy atom. The Bertz CT molecular complexity index is 735. The molecule has 1 heterocycles. The minimum Gasteiger partial charge on any atom is -0.484 e. The molecule has 0 radical (unpaired) electrons. The van der Waals surface area contributed by atoms with Crippen LogP contribution < -0.4 is 9.64 Å². The number of nitrogens with zero attached hydrogens (tertiary/aromatic N) is 2. The highest BCUT2D eigenvalue weighted by Gasteiger charge is 2.22. The van der Waals surface area contributed by atoms with Gasteiger partial charge in [0.15, 0.2) is 6.61 Å². The van der Waals surface area contributed by atoms with Gasteiger partial charge in [-0.25, -0.2) is 0 Å². The lowest BCUT2D eigenvalue weighted by Gasteiger charge is -2.36. The van der Waals surface area contributed by atoms with Crippen LogP contribution in [0.4, 0.5) is 5.69 Å². The first-order chi connectivity index (χ1) is 12.0. The van der Waals surface area contributed by atoms with Crippen molar-refractivity contribution >= 4 is 23.2 Å². The molecular formula is C20H23ClN2O2. The van der Waals surface area contributed by atoms with E-state index in [1.807, 2.05) is 55.1 Å². The summed E-state index contributed by atoms with van der Waals surface area (Å²) in [7, 11) is 0. The summed E-state index contributed by atoms with van der Waals surface area (Å²) >= 11 is 6.26. The summed E-state index contributed by atoms with van der Waals surface area (Å²) in [6.07, 6.45) is 0. The maximum atomic E-state index is 12.4. The molecule has 132 valence electrons. The lowest BCUT2D eigenvalue weighted by Crippen LogP contribution is -2.50. The number of halogens is 1. The first-order valence-electron chi connectivity index (χ1n) is 8.51. The van der Waals surface area contributed by atoms with E-state index in [-0.39, 0.29) is 12.5 Å². The molecule has 3 rings (SSSR count). The molecule has 0 aliphatic carbocycles. The largest absolute Gasteiger partial charge is 0.484 e. The van der Waals surface area contributed by atoms with E-state index in [0.29, 0.717) is 13.1 Å². The number of piperazine rings is 1. The van der Waals surface area contributed by atoms with Crippen molar-refractivity contribution in [2.24, 2.45) is 0 Å². The SMILES string of the molecule is Cc1cc(C)cc(OCC(=O)N2CCN(c3ccccc3Cl)CC2)c1. The smallest absolute Gasteiger partial charge is 0.260 e. The number of aryl methyl sites for hydroxylation is 2. The summed E-state index contributed by atoms with van der Waals surface area (Å²) in [6.45, 7) is 7.04. The molecule has 5 heteroatoms. The quantitative estimate of drug-likeness (QED) is 0.835. The van der Waals surface area contributed by atoms with Crippen molar-refractivity contribution in [2.75, 3.05) is 37.7 Å². The van der Waals surface area contributed by atoms with E-state index in [1.165, 1.54) is 0 Å². The molecule has 1 saturated heterocycles. The third kappa shape index (κ3) is 4.45. The molecular weight excluding hydrogens is 336 g/mol. The van der Waals surface area contributed by atoms with Gasteiger partial charge in [0.1, 0.15) is 5.75 Å². The Kier molecular flexibility index (Phi) is 5.49. The molecule has 1 aliphatic rings.